The molecule has 1 aliphatic carbocycles. The average Bonchev–Trinajstić information content (AvgIpc) is 2.83. The third kappa shape index (κ3) is 4.07. The van der Waals surface area contributed by atoms with Crippen LogP contribution >= 0.6 is 0 Å². The number of hydrogen-bond donors (Lipinski definition) is 1. The average molecular weight is 259 g/mol. The van der Waals surface area contributed by atoms with Crippen LogP contribution < -0.4 is 5.32 Å². The van der Waals surface area contributed by atoms with E-state index in [0.29, 0.717) is 12.1 Å². The summed E-state index contributed by atoms with van der Waals surface area (Å²) in [7, 11) is 0. The summed E-state index contributed by atoms with van der Waals surface area (Å²) >= 11 is 0. The van der Waals surface area contributed by atoms with Gasteiger partial charge in [0.25, 0.3) is 0 Å². The Morgan fingerprint density at radius 2 is 1.74 bits per heavy atom. The molecule has 1 nitrogen and oxygen atoms in total. The van der Waals surface area contributed by atoms with Gasteiger partial charge >= 0.3 is 0 Å². The predicted octanol–water partition coefficient (Wildman–Crippen LogP) is 4.65. The van der Waals surface area contributed by atoms with E-state index in [1.807, 2.05) is 0 Å². The fraction of sp³-hybridized carbons (Fsp3) is 0.667. The zero-order chi connectivity index (χ0) is 13.8. The maximum absolute atomic E-state index is 3.74. The van der Waals surface area contributed by atoms with E-state index in [2.05, 4.69) is 51.2 Å². The van der Waals surface area contributed by atoms with Gasteiger partial charge in [-0.15, -0.1) is 0 Å². The fourth-order valence-electron chi connectivity index (χ4n) is 3.05. The second-order valence-corrected chi connectivity index (χ2v) is 6.64. The van der Waals surface area contributed by atoms with E-state index in [-0.39, 0.29) is 0 Å². The van der Waals surface area contributed by atoms with Gasteiger partial charge in [-0.1, -0.05) is 32.0 Å². The van der Waals surface area contributed by atoms with Gasteiger partial charge in [-0.3, -0.25) is 0 Å². The quantitative estimate of drug-likeness (QED) is 0.784. The van der Waals surface area contributed by atoms with Gasteiger partial charge in [-0.05, 0) is 68.6 Å². The van der Waals surface area contributed by atoms with Gasteiger partial charge in [0.1, 0.15) is 0 Å². The molecule has 0 radical (unpaired) electrons. The van der Waals surface area contributed by atoms with Crippen LogP contribution in [0.3, 0.4) is 0 Å². The second kappa shape index (κ2) is 6.56. The molecular weight excluding hydrogens is 230 g/mol. The summed E-state index contributed by atoms with van der Waals surface area (Å²) in [5.41, 5.74) is 4.61. The van der Waals surface area contributed by atoms with E-state index in [4.69, 9.17) is 0 Å². The van der Waals surface area contributed by atoms with Crippen LogP contribution in [0.25, 0.3) is 0 Å². The van der Waals surface area contributed by atoms with Crippen molar-refractivity contribution in [3.05, 3.63) is 34.9 Å². The van der Waals surface area contributed by atoms with Crippen molar-refractivity contribution in [3.8, 4) is 0 Å². The van der Waals surface area contributed by atoms with Crippen LogP contribution in [0.5, 0.6) is 0 Å². The van der Waals surface area contributed by atoms with Crippen molar-refractivity contribution >= 4 is 0 Å². The van der Waals surface area contributed by atoms with Crippen molar-refractivity contribution in [3.63, 3.8) is 0 Å². The van der Waals surface area contributed by atoms with Gasteiger partial charge in [0.05, 0.1) is 0 Å². The highest BCUT2D eigenvalue weighted by Crippen LogP contribution is 2.25. The Balaban J connectivity index is 1.90. The van der Waals surface area contributed by atoms with Gasteiger partial charge in [0.15, 0.2) is 0 Å². The first kappa shape index (κ1) is 14.6. The largest absolute Gasteiger partial charge is 0.308 e. The van der Waals surface area contributed by atoms with E-state index in [1.54, 1.807) is 11.1 Å². The molecule has 2 unspecified atom stereocenters. The highest BCUT2D eigenvalue weighted by Gasteiger charge is 2.14. The van der Waals surface area contributed by atoms with Gasteiger partial charge in [-0.2, -0.15) is 0 Å². The van der Waals surface area contributed by atoms with E-state index in [1.165, 1.54) is 37.7 Å². The summed E-state index contributed by atoms with van der Waals surface area (Å²) in [6, 6.07) is 8.15. The minimum atomic E-state index is 0.466. The SMILES string of the molecule is CC(C)CCC(C)NC(C)c1ccc2c(c1)CCC2. The summed E-state index contributed by atoms with van der Waals surface area (Å²) in [4.78, 5) is 0. The molecule has 0 spiro atoms. The Morgan fingerprint density at radius 1 is 1.00 bits per heavy atom. The van der Waals surface area contributed by atoms with Crippen LogP contribution in [0.1, 0.15) is 69.7 Å². The molecule has 19 heavy (non-hydrogen) atoms. The number of benzene rings is 1. The Bertz CT molecular complexity index is 408. The van der Waals surface area contributed by atoms with Gasteiger partial charge in [0, 0.05) is 12.1 Å². The number of aryl methyl sites for hydroxylation is 2. The summed E-state index contributed by atoms with van der Waals surface area (Å²) in [5.74, 6) is 0.805. The first-order valence-electron chi connectivity index (χ1n) is 7.94. The monoisotopic (exact) mass is 259 g/mol. The molecule has 0 amide bonds. The molecule has 1 aliphatic rings. The molecule has 0 saturated heterocycles. The van der Waals surface area contributed by atoms with Crippen LogP contribution in [0.2, 0.25) is 0 Å². The maximum atomic E-state index is 3.74. The summed E-state index contributed by atoms with van der Waals surface area (Å²) in [6.07, 6.45) is 6.48. The maximum Gasteiger partial charge on any atom is 0.0294 e. The molecule has 1 heteroatoms. The Kier molecular flexibility index (Phi) is 5.04. The summed E-state index contributed by atoms with van der Waals surface area (Å²) < 4.78 is 0. The lowest BCUT2D eigenvalue weighted by atomic mass is 10.00. The molecule has 0 aliphatic heterocycles. The molecular formula is C18H29N. The number of rotatable bonds is 6. The van der Waals surface area contributed by atoms with Crippen molar-refractivity contribution in [2.24, 2.45) is 5.92 Å². The van der Waals surface area contributed by atoms with Crippen LogP contribution in [0.4, 0.5) is 0 Å². The summed E-state index contributed by atoms with van der Waals surface area (Å²) in [6.45, 7) is 9.21. The van der Waals surface area contributed by atoms with Gasteiger partial charge in [0.2, 0.25) is 0 Å². The molecule has 0 bridgehead atoms. The lowest BCUT2D eigenvalue weighted by molar-refractivity contribution is 0.417. The highest BCUT2D eigenvalue weighted by atomic mass is 14.9. The minimum Gasteiger partial charge on any atom is -0.308 e. The molecule has 2 atom stereocenters. The third-order valence-corrected chi connectivity index (χ3v) is 4.33. The van der Waals surface area contributed by atoms with E-state index >= 15 is 0 Å². The van der Waals surface area contributed by atoms with Crippen molar-refractivity contribution < 1.29 is 0 Å². The van der Waals surface area contributed by atoms with Gasteiger partial charge < -0.3 is 5.32 Å². The molecule has 0 saturated carbocycles. The number of fused-ring (bicyclic) bond motifs is 1. The molecule has 1 aromatic carbocycles. The fourth-order valence-corrected chi connectivity index (χ4v) is 3.05. The van der Waals surface area contributed by atoms with Crippen LogP contribution in [0, 0.1) is 5.92 Å². The van der Waals surface area contributed by atoms with Crippen molar-refractivity contribution in [1.29, 1.82) is 0 Å². The molecule has 106 valence electrons. The Labute approximate surface area is 118 Å². The number of hydrogen-bond acceptors (Lipinski definition) is 1. The van der Waals surface area contributed by atoms with Crippen molar-refractivity contribution in [2.75, 3.05) is 0 Å². The minimum absolute atomic E-state index is 0.466. The normalized spacial score (nSPS) is 17.5. The van der Waals surface area contributed by atoms with E-state index in [0.717, 1.165) is 5.92 Å². The zero-order valence-corrected chi connectivity index (χ0v) is 13.0. The Hall–Kier alpha value is -0.820. The van der Waals surface area contributed by atoms with Crippen LogP contribution in [-0.4, -0.2) is 6.04 Å². The molecule has 1 N–H and O–H groups in total. The molecule has 0 aromatic heterocycles. The standard InChI is InChI=1S/C18H29N/c1-13(2)8-9-14(3)19-15(4)17-11-10-16-6-5-7-18(16)12-17/h10-15,19H,5-9H2,1-4H3. The zero-order valence-electron chi connectivity index (χ0n) is 13.0. The summed E-state index contributed by atoms with van der Waals surface area (Å²) in [5, 5.41) is 3.74. The predicted molar refractivity (Wildman–Crippen MR) is 83.6 cm³/mol. The van der Waals surface area contributed by atoms with Crippen molar-refractivity contribution in [2.45, 2.75) is 71.9 Å². The molecule has 1 aromatic rings. The van der Waals surface area contributed by atoms with Crippen LogP contribution in [-0.2, 0) is 12.8 Å². The molecule has 2 rings (SSSR count). The van der Waals surface area contributed by atoms with Crippen LogP contribution in [0.15, 0.2) is 18.2 Å². The first-order valence-corrected chi connectivity index (χ1v) is 7.94. The topological polar surface area (TPSA) is 12.0 Å². The lowest BCUT2D eigenvalue weighted by Crippen LogP contribution is -2.29. The van der Waals surface area contributed by atoms with Crippen molar-refractivity contribution in [1.82, 2.24) is 5.32 Å². The molecule has 0 heterocycles. The van der Waals surface area contributed by atoms with Gasteiger partial charge in [-0.25, -0.2) is 0 Å². The first-order chi connectivity index (χ1) is 9.06. The Morgan fingerprint density at radius 3 is 2.47 bits per heavy atom. The lowest BCUT2D eigenvalue weighted by Gasteiger charge is -2.21. The smallest absolute Gasteiger partial charge is 0.0294 e. The van der Waals surface area contributed by atoms with E-state index in [9.17, 15) is 0 Å². The second-order valence-electron chi connectivity index (χ2n) is 6.64. The third-order valence-electron chi connectivity index (χ3n) is 4.33. The highest BCUT2D eigenvalue weighted by molar-refractivity contribution is 5.36. The number of nitrogens with one attached hydrogen (secondary N) is 1. The van der Waals surface area contributed by atoms with E-state index < -0.39 is 0 Å². The molecule has 0 fully saturated rings.